The Hall–Kier alpha value is -5.28. The van der Waals surface area contributed by atoms with E-state index in [2.05, 4.69) is 26.3 Å². The van der Waals surface area contributed by atoms with Crippen molar-refractivity contribution >= 4 is 33.9 Å². The molecule has 2 amide bonds. The predicted octanol–water partition coefficient (Wildman–Crippen LogP) is 4.85. The highest BCUT2D eigenvalue weighted by Crippen LogP contribution is 2.41. The smallest absolute Gasteiger partial charge is 0.254 e. The van der Waals surface area contributed by atoms with Gasteiger partial charge in [0.25, 0.3) is 11.8 Å². The molecule has 2 bridgehead atoms. The number of hydrogen-bond acceptors (Lipinski definition) is 8. The molecule has 5 aromatic rings. The topological polar surface area (TPSA) is 148 Å². The number of benzene rings is 1. The maximum atomic E-state index is 14.0. The first-order valence-electron chi connectivity index (χ1n) is 18.1. The number of amides is 2. The quantitative estimate of drug-likeness (QED) is 0.244. The Morgan fingerprint density at radius 3 is 2.45 bits per heavy atom. The van der Waals surface area contributed by atoms with Gasteiger partial charge >= 0.3 is 0 Å². The molecular formula is C39H41N9O3. The van der Waals surface area contributed by atoms with Gasteiger partial charge in [-0.25, -0.2) is 15.0 Å². The first kappa shape index (κ1) is 31.7. The van der Waals surface area contributed by atoms with E-state index in [-0.39, 0.29) is 35.5 Å². The van der Waals surface area contributed by atoms with E-state index in [0.29, 0.717) is 54.9 Å². The number of rotatable bonds is 8. The number of nitrogens with two attached hydrogens (primary N) is 1. The van der Waals surface area contributed by atoms with Crippen LogP contribution in [0.4, 0.5) is 0 Å². The molecule has 0 radical (unpaired) electrons. The van der Waals surface area contributed by atoms with Crippen molar-refractivity contribution in [3.05, 3.63) is 71.7 Å². The molecule has 1 aromatic carbocycles. The average Bonchev–Trinajstić information content (AvgIpc) is 3.53. The number of nitrogens with zero attached hydrogens (tertiary/aromatic N) is 8. The van der Waals surface area contributed by atoms with Crippen molar-refractivity contribution in [3.8, 4) is 23.3 Å². The fourth-order valence-corrected chi connectivity index (χ4v) is 8.73. The molecule has 12 nitrogen and oxygen atoms in total. The standard InChI is InChI=1S/C39H41N9O3/c1-51-33-18-28(39(50)47-22-27-6-7-31(47)34(27)41)16-30-35(33)48(21-24-9-13-45(14-10-24)38(49)26-8-12-42-29(15-26)19-40)37(44-30)32-17-25-3-2-11-43-36(25)46(32)20-23-4-5-23/h2-3,8,11-12,15-18,23-24,27,31,34H,4-7,9-10,13-14,20-22,41H2,1H3/t27?,31?,34-/m1/s1. The number of methoxy groups -OCH3 is 1. The van der Waals surface area contributed by atoms with E-state index in [1.54, 1.807) is 19.2 Å². The lowest BCUT2D eigenvalue weighted by molar-refractivity contribution is 0.0680. The Bertz CT molecular complexity index is 2220. The van der Waals surface area contributed by atoms with Crippen LogP contribution in [-0.2, 0) is 13.1 Å². The Morgan fingerprint density at radius 2 is 1.73 bits per heavy atom. The van der Waals surface area contributed by atoms with Crippen LogP contribution in [0.2, 0.25) is 0 Å². The second kappa shape index (κ2) is 12.5. The molecule has 260 valence electrons. The summed E-state index contributed by atoms with van der Waals surface area (Å²) >= 11 is 0. The first-order chi connectivity index (χ1) is 24.9. The normalized spacial score (nSPS) is 21.9. The molecule has 9 rings (SSSR count). The van der Waals surface area contributed by atoms with Crippen molar-refractivity contribution in [1.82, 2.24) is 33.9 Å². The molecular weight excluding hydrogens is 642 g/mol. The molecule has 4 fully saturated rings. The molecule has 2 unspecified atom stereocenters. The molecule has 3 atom stereocenters. The monoisotopic (exact) mass is 683 g/mol. The second-order valence-corrected chi connectivity index (χ2v) is 14.8. The Labute approximate surface area is 295 Å². The number of imidazole rings is 1. The predicted molar refractivity (Wildman–Crippen MR) is 191 cm³/mol. The number of carbonyl (C=O) groups excluding carboxylic acids is 2. The molecule has 2 aliphatic carbocycles. The lowest BCUT2D eigenvalue weighted by Gasteiger charge is -2.32. The largest absolute Gasteiger partial charge is 0.494 e. The van der Waals surface area contributed by atoms with Gasteiger partial charge in [-0.05, 0) is 98.7 Å². The van der Waals surface area contributed by atoms with Crippen LogP contribution in [0.3, 0.4) is 0 Å². The summed E-state index contributed by atoms with van der Waals surface area (Å²) in [5, 5.41) is 10.3. The van der Waals surface area contributed by atoms with Crippen molar-refractivity contribution in [1.29, 1.82) is 5.26 Å². The third kappa shape index (κ3) is 5.51. The van der Waals surface area contributed by atoms with Crippen molar-refractivity contribution in [2.24, 2.45) is 23.5 Å². The number of hydrogen-bond donors (Lipinski definition) is 1. The van der Waals surface area contributed by atoms with E-state index in [1.807, 2.05) is 40.3 Å². The van der Waals surface area contributed by atoms with Gasteiger partial charge in [0.15, 0.2) is 5.82 Å². The van der Waals surface area contributed by atoms with Crippen molar-refractivity contribution < 1.29 is 14.3 Å². The van der Waals surface area contributed by atoms with E-state index in [1.165, 1.54) is 19.0 Å². The van der Waals surface area contributed by atoms with Crippen LogP contribution < -0.4 is 10.5 Å². The zero-order valence-electron chi connectivity index (χ0n) is 28.7. The van der Waals surface area contributed by atoms with Crippen molar-refractivity contribution in [2.45, 2.75) is 63.7 Å². The summed E-state index contributed by atoms with van der Waals surface area (Å²) in [6, 6.07) is 15.4. The van der Waals surface area contributed by atoms with Gasteiger partial charge in [0.1, 0.15) is 28.7 Å². The highest BCUT2D eigenvalue weighted by atomic mass is 16.5. The molecule has 12 heteroatoms. The minimum Gasteiger partial charge on any atom is -0.494 e. The van der Waals surface area contributed by atoms with Crippen LogP contribution in [-0.4, -0.2) is 84.5 Å². The number of nitriles is 1. The number of ether oxygens (including phenoxy) is 1. The summed E-state index contributed by atoms with van der Waals surface area (Å²) in [6.45, 7) is 3.46. The fourth-order valence-electron chi connectivity index (χ4n) is 8.73. The molecule has 4 aromatic heterocycles. The molecule has 2 saturated carbocycles. The van der Waals surface area contributed by atoms with Crippen LogP contribution >= 0.6 is 0 Å². The third-order valence-corrected chi connectivity index (χ3v) is 11.7. The third-order valence-electron chi connectivity index (χ3n) is 11.7. The minimum atomic E-state index is -0.0794. The maximum absolute atomic E-state index is 14.0. The number of fused-ring (bicyclic) bond motifs is 4. The number of pyridine rings is 2. The summed E-state index contributed by atoms with van der Waals surface area (Å²) in [4.78, 5) is 45.3. The van der Waals surface area contributed by atoms with Gasteiger partial charge < -0.3 is 29.4 Å². The minimum absolute atomic E-state index is 0.0193. The molecule has 2 saturated heterocycles. The highest BCUT2D eigenvalue weighted by molar-refractivity contribution is 6.00. The van der Waals surface area contributed by atoms with Crippen LogP contribution in [0.15, 0.2) is 54.9 Å². The van der Waals surface area contributed by atoms with E-state index in [4.69, 9.17) is 20.4 Å². The maximum Gasteiger partial charge on any atom is 0.254 e. The van der Waals surface area contributed by atoms with E-state index < -0.39 is 0 Å². The highest BCUT2D eigenvalue weighted by Gasteiger charge is 2.47. The van der Waals surface area contributed by atoms with Gasteiger partial charge in [0.2, 0.25) is 0 Å². The number of aromatic nitrogens is 5. The van der Waals surface area contributed by atoms with Crippen LogP contribution in [0, 0.1) is 29.1 Å². The van der Waals surface area contributed by atoms with Crippen LogP contribution in [0.1, 0.15) is 64.9 Å². The molecule has 6 heterocycles. The fraction of sp³-hybridized carbons (Fsp3) is 0.436. The summed E-state index contributed by atoms with van der Waals surface area (Å²) < 4.78 is 10.7. The van der Waals surface area contributed by atoms with Gasteiger partial charge in [-0.1, -0.05) is 0 Å². The van der Waals surface area contributed by atoms with Gasteiger partial charge in [-0.3, -0.25) is 9.59 Å². The molecule has 0 spiro atoms. The zero-order chi connectivity index (χ0) is 34.8. The Morgan fingerprint density at radius 1 is 0.922 bits per heavy atom. The van der Waals surface area contributed by atoms with Gasteiger partial charge in [0, 0.05) is 73.7 Å². The average molecular weight is 684 g/mol. The first-order valence-corrected chi connectivity index (χ1v) is 18.1. The number of likely N-dealkylation sites (tertiary alicyclic amines) is 2. The second-order valence-electron chi connectivity index (χ2n) is 14.8. The van der Waals surface area contributed by atoms with E-state index >= 15 is 0 Å². The van der Waals surface area contributed by atoms with E-state index in [9.17, 15) is 14.9 Å². The summed E-state index contributed by atoms with van der Waals surface area (Å²) in [5.41, 5.74) is 11.3. The molecule has 51 heavy (non-hydrogen) atoms. The van der Waals surface area contributed by atoms with Crippen LogP contribution in [0.5, 0.6) is 5.75 Å². The van der Waals surface area contributed by atoms with Gasteiger partial charge in [-0.15, -0.1) is 0 Å². The number of carbonyl (C=O) groups is 2. The SMILES string of the molecule is COc1cc(C(=O)N2CC3CCC2[C@@H]3N)cc2nc(-c3cc4cccnc4n3CC3CC3)n(CC3CCN(C(=O)c4ccnc(C#N)c4)CC3)c12. The Balaban J connectivity index is 1.09. The molecule has 2 N–H and O–H groups in total. The number of piperidine rings is 2. The lowest BCUT2D eigenvalue weighted by Crippen LogP contribution is -2.41. The summed E-state index contributed by atoms with van der Waals surface area (Å²) in [6.07, 6.45) is 9.42. The van der Waals surface area contributed by atoms with Gasteiger partial charge in [-0.2, -0.15) is 5.26 Å². The van der Waals surface area contributed by atoms with E-state index in [0.717, 1.165) is 65.8 Å². The van der Waals surface area contributed by atoms with Crippen LogP contribution in [0.25, 0.3) is 33.6 Å². The lowest BCUT2D eigenvalue weighted by atomic mass is 9.96. The van der Waals surface area contributed by atoms with Crippen molar-refractivity contribution in [3.63, 3.8) is 0 Å². The molecule has 2 aliphatic heterocycles. The Kier molecular flexibility index (Phi) is 7.76. The zero-order valence-corrected chi connectivity index (χ0v) is 28.7. The van der Waals surface area contributed by atoms with Gasteiger partial charge in [0.05, 0.1) is 18.3 Å². The van der Waals surface area contributed by atoms with Crippen molar-refractivity contribution in [2.75, 3.05) is 26.7 Å². The summed E-state index contributed by atoms with van der Waals surface area (Å²) in [5.74, 6) is 2.59. The molecule has 4 aliphatic rings. The summed E-state index contributed by atoms with van der Waals surface area (Å²) in [7, 11) is 1.66.